The lowest BCUT2D eigenvalue weighted by Crippen LogP contribution is -2.34. The van der Waals surface area contributed by atoms with Crippen LogP contribution in [0.3, 0.4) is 0 Å². The zero-order valence-corrected chi connectivity index (χ0v) is 10.9. The van der Waals surface area contributed by atoms with Gasteiger partial charge >= 0.3 is 0 Å². The summed E-state index contributed by atoms with van der Waals surface area (Å²) in [7, 11) is 0. The van der Waals surface area contributed by atoms with Gasteiger partial charge < -0.3 is 10.6 Å². The minimum atomic E-state index is -0.282. The van der Waals surface area contributed by atoms with Crippen LogP contribution in [-0.4, -0.2) is 18.4 Å². The number of anilines is 1. The fraction of sp³-hybridized carbons (Fsp3) is 0.500. The van der Waals surface area contributed by atoms with Crippen LogP contribution in [0.15, 0.2) is 18.2 Å². The van der Waals surface area contributed by atoms with Crippen molar-refractivity contribution < 1.29 is 4.39 Å². The fourth-order valence-electron chi connectivity index (χ4n) is 2.69. The van der Waals surface area contributed by atoms with Gasteiger partial charge in [0.15, 0.2) is 0 Å². The van der Waals surface area contributed by atoms with E-state index >= 15 is 0 Å². The van der Waals surface area contributed by atoms with Crippen molar-refractivity contribution in [1.82, 2.24) is 0 Å². The van der Waals surface area contributed by atoms with Crippen molar-refractivity contribution in [1.29, 1.82) is 5.41 Å². The third-order valence-corrected chi connectivity index (χ3v) is 3.64. The lowest BCUT2D eigenvalue weighted by atomic mass is 10.0. The first kappa shape index (κ1) is 12.9. The Morgan fingerprint density at radius 1 is 1.50 bits per heavy atom. The molecule has 98 valence electrons. The van der Waals surface area contributed by atoms with Gasteiger partial charge in [-0.05, 0) is 37.0 Å². The molecule has 1 aromatic carbocycles. The van der Waals surface area contributed by atoms with Gasteiger partial charge in [0.2, 0.25) is 0 Å². The highest BCUT2D eigenvalue weighted by Gasteiger charge is 2.28. The molecule has 1 atom stereocenters. The van der Waals surface area contributed by atoms with Crippen molar-refractivity contribution in [2.75, 3.05) is 11.4 Å². The van der Waals surface area contributed by atoms with E-state index in [4.69, 9.17) is 11.1 Å². The number of hydrogen-bond donors (Lipinski definition) is 2. The summed E-state index contributed by atoms with van der Waals surface area (Å²) in [4.78, 5) is 2.14. The van der Waals surface area contributed by atoms with Crippen LogP contribution in [0.25, 0.3) is 0 Å². The zero-order chi connectivity index (χ0) is 13.3. The predicted molar refractivity (Wildman–Crippen MR) is 72.6 cm³/mol. The van der Waals surface area contributed by atoms with Gasteiger partial charge in [-0.1, -0.05) is 13.8 Å². The van der Waals surface area contributed by atoms with Crippen molar-refractivity contribution in [2.24, 2.45) is 11.7 Å². The second-order valence-electron chi connectivity index (χ2n) is 5.23. The van der Waals surface area contributed by atoms with Crippen LogP contribution in [0.1, 0.15) is 32.3 Å². The number of halogens is 1. The summed E-state index contributed by atoms with van der Waals surface area (Å²) in [6, 6.07) is 5.22. The van der Waals surface area contributed by atoms with Gasteiger partial charge in [-0.15, -0.1) is 0 Å². The minimum absolute atomic E-state index is 0.0951. The molecule has 3 N–H and O–H groups in total. The van der Waals surface area contributed by atoms with Gasteiger partial charge in [0.1, 0.15) is 11.7 Å². The van der Waals surface area contributed by atoms with Crippen LogP contribution in [0.4, 0.5) is 10.1 Å². The number of nitrogens with two attached hydrogens (primary N) is 1. The largest absolute Gasteiger partial charge is 0.384 e. The molecular formula is C14H20FN3. The molecular weight excluding hydrogens is 229 g/mol. The summed E-state index contributed by atoms with van der Waals surface area (Å²) < 4.78 is 14.1. The molecule has 1 unspecified atom stereocenters. The van der Waals surface area contributed by atoms with Crippen molar-refractivity contribution >= 4 is 11.5 Å². The fourth-order valence-corrected chi connectivity index (χ4v) is 2.69. The molecule has 4 heteroatoms. The summed E-state index contributed by atoms with van der Waals surface area (Å²) in [5, 5.41) is 7.32. The third kappa shape index (κ3) is 2.33. The standard InChI is InChI=1S/C14H20FN3/c1-9(2)12-4-3-7-18(12)13-6-5-10(14(16)17)8-11(13)15/h5-6,8-9,12H,3-4,7H2,1-2H3,(H3,16,17). The van der Waals surface area contributed by atoms with E-state index in [9.17, 15) is 4.39 Å². The molecule has 1 aromatic rings. The second kappa shape index (κ2) is 4.96. The first-order valence-corrected chi connectivity index (χ1v) is 6.41. The summed E-state index contributed by atoms with van der Waals surface area (Å²) in [6.45, 7) is 5.24. The Morgan fingerprint density at radius 3 is 2.78 bits per heavy atom. The molecule has 18 heavy (non-hydrogen) atoms. The smallest absolute Gasteiger partial charge is 0.147 e. The van der Waals surface area contributed by atoms with E-state index < -0.39 is 0 Å². The van der Waals surface area contributed by atoms with Crippen LogP contribution in [0.5, 0.6) is 0 Å². The van der Waals surface area contributed by atoms with Crippen LogP contribution in [0.2, 0.25) is 0 Å². The number of rotatable bonds is 3. The predicted octanol–water partition coefficient (Wildman–Crippen LogP) is 2.73. The van der Waals surface area contributed by atoms with E-state index in [1.54, 1.807) is 12.1 Å². The summed E-state index contributed by atoms with van der Waals surface area (Å²) in [6.07, 6.45) is 2.22. The Balaban J connectivity index is 2.31. The monoisotopic (exact) mass is 249 g/mol. The SMILES string of the molecule is CC(C)C1CCCN1c1ccc(C(=N)N)cc1F. The van der Waals surface area contributed by atoms with Crippen molar-refractivity contribution in [2.45, 2.75) is 32.7 Å². The molecule has 3 nitrogen and oxygen atoms in total. The quantitative estimate of drug-likeness (QED) is 0.639. The Bertz CT molecular complexity index is 456. The summed E-state index contributed by atoms with van der Waals surface area (Å²) >= 11 is 0. The van der Waals surface area contributed by atoms with Gasteiger partial charge in [-0.25, -0.2) is 4.39 Å². The van der Waals surface area contributed by atoms with Crippen LogP contribution in [0, 0.1) is 17.1 Å². The molecule has 1 saturated heterocycles. The van der Waals surface area contributed by atoms with E-state index in [2.05, 4.69) is 18.7 Å². The van der Waals surface area contributed by atoms with E-state index in [1.807, 2.05) is 0 Å². The molecule has 1 aliphatic heterocycles. The summed E-state index contributed by atoms with van der Waals surface area (Å²) in [5.74, 6) is 0.136. The average molecular weight is 249 g/mol. The van der Waals surface area contributed by atoms with Gasteiger partial charge in [0.25, 0.3) is 0 Å². The molecule has 0 spiro atoms. The lowest BCUT2D eigenvalue weighted by Gasteiger charge is -2.30. The minimum Gasteiger partial charge on any atom is -0.384 e. The Labute approximate surface area is 107 Å². The maximum absolute atomic E-state index is 14.1. The van der Waals surface area contributed by atoms with Crippen LogP contribution >= 0.6 is 0 Å². The van der Waals surface area contributed by atoms with E-state index in [1.165, 1.54) is 6.07 Å². The molecule has 0 radical (unpaired) electrons. The molecule has 1 heterocycles. The summed E-state index contributed by atoms with van der Waals surface area (Å²) in [5.41, 5.74) is 6.44. The Hall–Kier alpha value is -1.58. The first-order chi connectivity index (χ1) is 8.50. The van der Waals surface area contributed by atoms with Gasteiger partial charge in [-0.3, -0.25) is 5.41 Å². The number of hydrogen-bond acceptors (Lipinski definition) is 2. The highest BCUT2D eigenvalue weighted by atomic mass is 19.1. The zero-order valence-electron chi connectivity index (χ0n) is 10.9. The lowest BCUT2D eigenvalue weighted by molar-refractivity contribution is 0.486. The van der Waals surface area contributed by atoms with Gasteiger partial charge in [0.05, 0.1) is 5.69 Å². The number of nitrogens with zero attached hydrogens (tertiary/aromatic N) is 1. The first-order valence-electron chi connectivity index (χ1n) is 6.41. The molecule has 0 amide bonds. The highest BCUT2D eigenvalue weighted by molar-refractivity contribution is 5.95. The van der Waals surface area contributed by atoms with Gasteiger partial charge in [0, 0.05) is 18.2 Å². The van der Waals surface area contributed by atoms with Crippen molar-refractivity contribution in [3.8, 4) is 0 Å². The molecule has 1 aliphatic rings. The average Bonchev–Trinajstić information content (AvgIpc) is 2.77. The molecule has 0 aliphatic carbocycles. The van der Waals surface area contributed by atoms with Gasteiger partial charge in [-0.2, -0.15) is 0 Å². The molecule has 0 aromatic heterocycles. The second-order valence-corrected chi connectivity index (χ2v) is 5.23. The molecule has 0 saturated carbocycles. The number of amidine groups is 1. The maximum atomic E-state index is 14.1. The van der Waals surface area contributed by atoms with Crippen LogP contribution in [-0.2, 0) is 0 Å². The van der Waals surface area contributed by atoms with E-state index in [0.717, 1.165) is 19.4 Å². The van der Waals surface area contributed by atoms with Crippen molar-refractivity contribution in [3.05, 3.63) is 29.6 Å². The van der Waals surface area contributed by atoms with E-state index in [-0.39, 0.29) is 11.7 Å². The topological polar surface area (TPSA) is 53.1 Å². The third-order valence-electron chi connectivity index (χ3n) is 3.64. The normalized spacial score (nSPS) is 19.6. The molecule has 0 bridgehead atoms. The maximum Gasteiger partial charge on any atom is 0.147 e. The number of benzene rings is 1. The van der Waals surface area contributed by atoms with Crippen molar-refractivity contribution in [3.63, 3.8) is 0 Å². The molecule has 1 fully saturated rings. The van der Waals surface area contributed by atoms with Crippen LogP contribution < -0.4 is 10.6 Å². The molecule has 2 rings (SSSR count). The number of nitrogen functional groups attached to an aromatic ring is 1. The highest BCUT2D eigenvalue weighted by Crippen LogP contribution is 2.31. The van der Waals surface area contributed by atoms with E-state index in [0.29, 0.717) is 23.2 Å². The Kier molecular flexibility index (Phi) is 3.55. The number of nitrogens with one attached hydrogen (secondary N) is 1. The Morgan fingerprint density at radius 2 is 2.22 bits per heavy atom.